The molecule has 0 aliphatic carbocycles. The molecule has 3 saturated heterocycles. The average molecular weight is 846 g/mol. The van der Waals surface area contributed by atoms with Crippen molar-refractivity contribution in [2.24, 2.45) is 5.92 Å². The number of quaternary nitrogens is 1. The number of hydrogen-bond acceptors (Lipinski definition) is 10. The zero-order chi connectivity index (χ0) is 45.7. The number of halogens is 3. The lowest BCUT2D eigenvalue weighted by Crippen LogP contribution is -2.65. The van der Waals surface area contributed by atoms with Gasteiger partial charge in [-0.05, 0) is 101 Å². The molecule has 3 heterocycles. The number of alkyl halides is 3. The Kier molecular flexibility index (Phi) is 20.3. The predicted octanol–water partition coefficient (Wildman–Crippen LogP) is 4.68. The zero-order valence-corrected chi connectivity index (χ0v) is 36.0. The van der Waals surface area contributed by atoms with E-state index < -0.39 is 89.6 Å². The van der Waals surface area contributed by atoms with E-state index in [-0.39, 0.29) is 31.9 Å². The number of carboxylic acids is 3. The standard InChI is InChI=1S/3C11H18FNO4.C5H13NO/c3*1-10(2,3)17-9(16)13-6-4-5-11(12,7-13)8(14)15;1-4(2)5(6)3-7/h3*4-7H2,1-3H3,(H,14,15);4-5,7H,3,6H2,1-2H3/p+1/t2*11-;;5-/m11.0/s1. The first-order valence-electron chi connectivity index (χ1n) is 19.2. The number of rotatable bonds is 5. The third kappa shape index (κ3) is 19.6. The molecule has 20 heteroatoms. The minimum absolute atomic E-state index is 0.0678. The molecule has 0 bridgehead atoms. The van der Waals surface area contributed by atoms with Gasteiger partial charge in [0.15, 0.2) is 0 Å². The lowest BCUT2D eigenvalue weighted by atomic mass is 9.95. The van der Waals surface area contributed by atoms with Gasteiger partial charge < -0.3 is 55.1 Å². The van der Waals surface area contributed by atoms with E-state index in [0.717, 1.165) is 14.7 Å². The van der Waals surface area contributed by atoms with Crippen molar-refractivity contribution >= 4 is 36.2 Å². The highest BCUT2D eigenvalue weighted by Crippen LogP contribution is 2.29. The molecular weight excluding hydrogens is 777 g/mol. The fourth-order valence-corrected chi connectivity index (χ4v) is 5.21. The number of carboxylic acid groups (broad SMARTS) is 3. The van der Waals surface area contributed by atoms with E-state index in [4.69, 9.17) is 34.6 Å². The summed E-state index contributed by atoms with van der Waals surface area (Å²) in [7, 11) is 0. The van der Waals surface area contributed by atoms with E-state index >= 15 is 0 Å². The van der Waals surface area contributed by atoms with Crippen molar-refractivity contribution in [2.45, 2.75) is 155 Å². The third-order valence-corrected chi connectivity index (χ3v) is 8.61. The van der Waals surface area contributed by atoms with Crippen LogP contribution in [0.4, 0.5) is 27.6 Å². The number of aliphatic carboxylic acids is 3. The summed E-state index contributed by atoms with van der Waals surface area (Å²) in [6, 6.07) is 0.208. The first-order chi connectivity index (χ1) is 26.1. The minimum Gasteiger partial charge on any atom is -0.479 e. The van der Waals surface area contributed by atoms with Crippen LogP contribution in [0.2, 0.25) is 0 Å². The number of hydrogen-bond donors (Lipinski definition) is 5. The number of carbonyl (C=O) groups is 6. The molecule has 3 aliphatic rings. The molecule has 3 aliphatic heterocycles. The molecule has 0 spiro atoms. The van der Waals surface area contributed by atoms with Gasteiger partial charge in [-0.15, -0.1) is 0 Å². The number of ether oxygens (including phenoxy) is 3. The van der Waals surface area contributed by atoms with Gasteiger partial charge in [0.2, 0.25) is 17.0 Å². The van der Waals surface area contributed by atoms with Crippen LogP contribution in [0.5, 0.6) is 0 Å². The van der Waals surface area contributed by atoms with Crippen molar-refractivity contribution in [3.63, 3.8) is 0 Å². The zero-order valence-electron chi connectivity index (χ0n) is 36.0. The molecule has 3 rings (SSSR count). The molecule has 0 radical (unpaired) electrons. The normalized spacial score (nSPS) is 24.3. The number of carbonyl (C=O) groups excluding carboxylic acids is 3. The first kappa shape index (κ1) is 53.9. The van der Waals surface area contributed by atoms with Crippen LogP contribution in [0.15, 0.2) is 0 Å². The lowest BCUT2D eigenvalue weighted by Gasteiger charge is -2.35. The molecule has 0 aromatic rings. The molecule has 338 valence electrons. The predicted molar refractivity (Wildman–Crippen MR) is 204 cm³/mol. The third-order valence-electron chi connectivity index (χ3n) is 8.61. The van der Waals surface area contributed by atoms with Crippen molar-refractivity contribution in [1.82, 2.24) is 14.7 Å². The molecule has 58 heavy (non-hydrogen) atoms. The number of piperidine rings is 3. The van der Waals surface area contributed by atoms with Gasteiger partial charge in [0.1, 0.15) is 22.8 Å². The van der Waals surface area contributed by atoms with Crippen molar-refractivity contribution in [1.29, 1.82) is 0 Å². The minimum atomic E-state index is -2.35. The summed E-state index contributed by atoms with van der Waals surface area (Å²) in [5, 5.41) is 34.8. The van der Waals surface area contributed by atoms with Gasteiger partial charge in [-0.2, -0.15) is 0 Å². The quantitative estimate of drug-likeness (QED) is 0.236. The summed E-state index contributed by atoms with van der Waals surface area (Å²) in [6.07, 6.45) is -1.24. The molecule has 3 amide bonds. The molecule has 0 aromatic carbocycles. The highest BCUT2D eigenvalue weighted by atomic mass is 19.2. The van der Waals surface area contributed by atoms with Crippen LogP contribution in [0.3, 0.4) is 0 Å². The van der Waals surface area contributed by atoms with Crippen molar-refractivity contribution in [3.8, 4) is 0 Å². The second kappa shape index (κ2) is 21.8. The maximum Gasteiger partial charge on any atom is 0.410 e. The summed E-state index contributed by atoms with van der Waals surface area (Å²) in [5.41, 5.74) is -5.36. The summed E-state index contributed by atoms with van der Waals surface area (Å²) >= 11 is 0. The van der Waals surface area contributed by atoms with Gasteiger partial charge in [0.25, 0.3) is 0 Å². The van der Waals surface area contributed by atoms with Gasteiger partial charge in [-0.25, -0.2) is 41.9 Å². The largest absolute Gasteiger partial charge is 0.479 e. The van der Waals surface area contributed by atoms with Crippen LogP contribution >= 0.6 is 0 Å². The number of amides is 3. The highest BCUT2D eigenvalue weighted by molar-refractivity contribution is 5.80. The Labute approximate surface area is 339 Å². The SMILES string of the molecule is CC(C)(C)OC(=O)N1CCCC(F)(C(=O)O)C1.CC(C)(C)OC(=O)N1CCC[C@](F)(C(=O)O)C1.CC(C)(C)OC(=O)N1CCC[C@](F)(C(=O)O)C1.CC(C)[C@@H]([NH3+])CO. The Morgan fingerprint density at radius 1 is 0.569 bits per heavy atom. The summed E-state index contributed by atoms with van der Waals surface area (Å²) in [5.74, 6) is -4.06. The maximum atomic E-state index is 13.9. The van der Waals surface area contributed by atoms with E-state index in [1.54, 1.807) is 62.3 Å². The molecule has 4 atom stereocenters. The van der Waals surface area contributed by atoms with Gasteiger partial charge in [-0.3, -0.25) is 0 Å². The molecule has 3 fully saturated rings. The fraction of sp³-hybridized carbons (Fsp3) is 0.842. The molecule has 17 nitrogen and oxygen atoms in total. The Hall–Kier alpha value is -4.07. The number of nitrogens with zero attached hydrogens (tertiary/aromatic N) is 3. The Morgan fingerprint density at radius 3 is 0.931 bits per heavy atom. The lowest BCUT2D eigenvalue weighted by molar-refractivity contribution is -0.436. The fourth-order valence-electron chi connectivity index (χ4n) is 5.21. The van der Waals surface area contributed by atoms with Crippen LogP contribution in [-0.2, 0) is 28.6 Å². The Morgan fingerprint density at radius 2 is 0.793 bits per heavy atom. The van der Waals surface area contributed by atoms with Crippen molar-refractivity contribution < 1.29 is 82.3 Å². The molecule has 0 aromatic heterocycles. The summed E-state index contributed by atoms with van der Waals surface area (Å²) in [6.45, 7) is 19.3. The van der Waals surface area contributed by atoms with Gasteiger partial charge in [0.05, 0.1) is 26.2 Å². The van der Waals surface area contributed by atoms with Crippen molar-refractivity contribution in [2.75, 3.05) is 45.9 Å². The topological polar surface area (TPSA) is 248 Å². The molecular formula is C38H68F3N4O13+. The van der Waals surface area contributed by atoms with Crippen molar-refractivity contribution in [3.05, 3.63) is 0 Å². The number of aliphatic hydroxyl groups is 1. The molecule has 1 unspecified atom stereocenters. The number of likely N-dealkylation sites (tertiary alicyclic amines) is 3. The van der Waals surface area contributed by atoms with E-state index in [0.29, 0.717) is 44.8 Å². The molecule has 0 saturated carbocycles. The van der Waals surface area contributed by atoms with Gasteiger partial charge in [0, 0.05) is 25.6 Å². The highest BCUT2D eigenvalue weighted by Gasteiger charge is 2.47. The smallest absolute Gasteiger partial charge is 0.410 e. The van der Waals surface area contributed by atoms with Crippen LogP contribution < -0.4 is 5.73 Å². The maximum absolute atomic E-state index is 13.9. The van der Waals surface area contributed by atoms with Crippen LogP contribution in [0.1, 0.15) is 115 Å². The van der Waals surface area contributed by atoms with Crippen LogP contribution in [0, 0.1) is 5.92 Å². The van der Waals surface area contributed by atoms with Crippen LogP contribution in [-0.4, -0.2) is 157 Å². The Balaban J connectivity index is 0.000000776. The average Bonchev–Trinajstić information content (AvgIpc) is 3.06. The number of aliphatic hydroxyl groups excluding tert-OH is 1. The Bertz CT molecular complexity index is 1250. The van der Waals surface area contributed by atoms with E-state index in [2.05, 4.69) is 5.73 Å². The molecule has 7 N–H and O–H groups in total. The van der Waals surface area contributed by atoms with E-state index in [1.807, 2.05) is 13.8 Å². The van der Waals surface area contributed by atoms with E-state index in [1.165, 1.54) is 0 Å². The monoisotopic (exact) mass is 845 g/mol. The summed E-state index contributed by atoms with van der Waals surface area (Å²) in [4.78, 5) is 70.7. The first-order valence-corrected chi connectivity index (χ1v) is 19.2. The van der Waals surface area contributed by atoms with Gasteiger partial charge >= 0.3 is 36.2 Å². The van der Waals surface area contributed by atoms with Crippen LogP contribution in [0.25, 0.3) is 0 Å². The second-order valence-corrected chi connectivity index (χ2v) is 18.0. The summed E-state index contributed by atoms with van der Waals surface area (Å²) < 4.78 is 56.9. The van der Waals surface area contributed by atoms with Gasteiger partial charge in [-0.1, -0.05) is 13.8 Å². The van der Waals surface area contributed by atoms with E-state index in [9.17, 15) is 41.9 Å². The second-order valence-electron chi connectivity index (χ2n) is 18.0.